The molecule has 8 nitrogen and oxygen atoms in total. The summed E-state index contributed by atoms with van der Waals surface area (Å²) in [5.41, 5.74) is 3.43. The first-order valence-corrected chi connectivity index (χ1v) is 10.6. The van der Waals surface area contributed by atoms with Crippen LogP contribution in [-0.4, -0.2) is 43.5 Å². The molecule has 1 amide bonds. The van der Waals surface area contributed by atoms with Crippen LogP contribution in [0.3, 0.4) is 0 Å². The van der Waals surface area contributed by atoms with Crippen LogP contribution in [-0.2, 0) is 22.4 Å². The molecule has 0 radical (unpaired) electrons. The van der Waals surface area contributed by atoms with E-state index >= 15 is 0 Å². The van der Waals surface area contributed by atoms with Crippen molar-refractivity contribution in [2.45, 2.75) is 38.9 Å². The standard InChI is InChI=1S/C23H25N3O5/c1-2-30-19(27)13-25-22(28)17(12-24)11-16-10-15-9-14-5-3-7-26-8-4-6-18(20(14)26)21(15)31-23(16)29/h9-11,19,27H,2-8,13H2,1H3,(H,25,28). The molecule has 31 heavy (non-hydrogen) atoms. The summed E-state index contributed by atoms with van der Waals surface area (Å²) in [4.78, 5) is 27.3. The molecule has 3 heterocycles. The number of hydrogen-bond acceptors (Lipinski definition) is 7. The molecule has 1 aromatic carbocycles. The van der Waals surface area contributed by atoms with Gasteiger partial charge in [0.15, 0.2) is 6.29 Å². The van der Waals surface area contributed by atoms with E-state index in [1.807, 2.05) is 6.07 Å². The number of aliphatic hydroxyl groups excluding tert-OH is 1. The van der Waals surface area contributed by atoms with Gasteiger partial charge in [0, 0.05) is 36.3 Å². The third-order valence-corrected chi connectivity index (χ3v) is 5.70. The van der Waals surface area contributed by atoms with Gasteiger partial charge in [-0.1, -0.05) is 0 Å². The van der Waals surface area contributed by atoms with Crippen molar-refractivity contribution < 1.29 is 19.1 Å². The number of aliphatic hydroxyl groups is 1. The number of rotatable bonds is 6. The van der Waals surface area contributed by atoms with Gasteiger partial charge in [0.1, 0.15) is 17.2 Å². The minimum atomic E-state index is -1.16. The molecule has 0 saturated heterocycles. The number of fused-ring (bicyclic) bond motifs is 2. The number of carbonyl (C=O) groups excluding carboxylic acids is 1. The third kappa shape index (κ3) is 4.20. The first kappa shape index (κ1) is 21.1. The van der Waals surface area contributed by atoms with E-state index in [1.54, 1.807) is 13.0 Å². The quantitative estimate of drug-likeness (QED) is 0.315. The van der Waals surface area contributed by atoms with Crippen molar-refractivity contribution in [2.75, 3.05) is 31.1 Å². The molecule has 2 aliphatic heterocycles. The number of anilines is 1. The number of aryl methyl sites for hydroxylation is 2. The number of carbonyl (C=O) groups is 1. The Hall–Kier alpha value is -3.15. The van der Waals surface area contributed by atoms with Crippen LogP contribution in [0.25, 0.3) is 17.0 Å². The number of nitrogens with zero attached hydrogens (tertiary/aromatic N) is 2. The molecule has 2 aliphatic rings. The Morgan fingerprint density at radius 3 is 2.90 bits per heavy atom. The summed E-state index contributed by atoms with van der Waals surface area (Å²) in [6.45, 7) is 3.89. The molecule has 0 fully saturated rings. The van der Waals surface area contributed by atoms with Crippen molar-refractivity contribution in [3.8, 4) is 6.07 Å². The van der Waals surface area contributed by atoms with Crippen LogP contribution in [0.15, 0.2) is 26.9 Å². The van der Waals surface area contributed by atoms with E-state index in [2.05, 4.69) is 16.3 Å². The van der Waals surface area contributed by atoms with Crippen molar-refractivity contribution in [1.29, 1.82) is 5.26 Å². The van der Waals surface area contributed by atoms with Crippen LogP contribution >= 0.6 is 0 Å². The summed E-state index contributed by atoms with van der Waals surface area (Å²) in [5, 5.41) is 22.2. The van der Waals surface area contributed by atoms with Crippen LogP contribution < -0.4 is 15.8 Å². The number of benzene rings is 1. The van der Waals surface area contributed by atoms with Crippen LogP contribution in [0.1, 0.15) is 36.5 Å². The monoisotopic (exact) mass is 423 g/mol. The predicted molar refractivity (Wildman–Crippen MR) is 116 cm³/mol. The van der Waals surface area contributed by atoms with Gasteiger partial charge in [-0.25, -0.2) is 4.79 Å². The molecule has 8 heteroatoms. The van der Waals surface area contributed by atoms with Crippen LogP contribution in [0.4, 0.5) is 5.69 Å². The Morgan fingerprint density at radius 1 is 1.39 bits per heavy atom. The van der Waals surface area contributed by atoms with E-state index in [1.165, 1.54) is 17.3 Å². The van der Waals surface area contributed by atoms with Crippen LogP contribution in [0.5, 0.6) is 0 Å². The van der Waals surface area contributed by atoms with E-state index in [0.29, 0.717) is 12.2 Å². The largest absolute Gasteiger partial charge is 0.422 e. The number of nitrogens with one attached hydrogen (secondary N) is 1. The summed E-state index contributed by atoms with van der Waals surface area (Å²) in [5.74, 6) is -0.697. The Bertz CT molecular complexity index is 1140. The van der Waals surface area contributed by atoms with Crippen LogP contribution in [0.2, 0.25) is 0 Å². The zero-order valence-corrected chi connectivity index (χ0v) is 17.4. The second-order valence-electron chi connectivity index (χ2n) is 7.75. The van der Waals surface area contributed by atoms with Crippen molar-refractivity contribution in [2.24, 2.45) is 0 Å². The van der Waals surface area contributed by atoms with Crippen molar-refractivity contribution in [3.05, 3.63) is 44.8 Å². The average molecular weight is 423 g/mol. The van der Waals surface area contributed by atoms with E-state index in [-0.39, 0.29) is 17.7 Å². The molecule has 0 aliphatic carbocycles. The molecule has 1 atom stereocenters. The molecule has 0 spiro atoms. The fraction of sp³-hybridized carbons (Fsp3) is 0.435. The summed E-state index contributed by atoms with van der Waals surface area (Å²) >= 11 is 0. The normalized spacial score (nSPS) is 16.5. The fourth-order valence-electron chi connectivity index (χ4n) is 4.39. The fourth-order valence-corrected chi connectivity index (χ4v) is 4.39. The number of hydrogen-bond donors (Lipinski definition) is 2. The highest BCUT2D eigenvalue weighted by molar-refractivity contribution is 6.02. The highest BCUT2D eigenvalue weighted by Gasteiger charge is 2.27. The Balaban J connectivity index is 1.69. The van der Waals surface area contributed by atoms with E-state index < -0.39 is 17.8 Å². The van der Waals surface area contributed by atoms with Gasteiger partial charge in [-0.05, 0) is 56.4 Å². The molecule has 1 aromatic heterocycles. The van der Waals surface area contributed by atoms with Gasteiger partial charge in [-0.2, -0.15) is 5.26 Å². The lowest BCUT2D eigenvalue weighted by Gasteiger charge is -2.37. The Morgan fingerprint density at radius 2 is 2.16 bits per heavy atom. The van der Waals surface area contributed by atoms with Crippen molar-refractivity contribution in [3.63, 3.8) is 0 Å². The number of nitriles is 1. The van der Waals surface area contributed by atoms with Gasteiger partial charge in [0.05, 0.1) is 12.1 Å². The van der Waals surface area contributed by atoms with Crippen molar-refractivity contribution in [1.82, 2.24) is 5.32 Å². The molecule has 162 valence electrons. The van der Waals surface area contributed by atoms with E-state index in [0.717, 1.165) is 49.7 Å². The lowest BCUT2D eigenvalue weighted by Crippen LogP contribution is -2.34. The summed E-state index contributed by atoms with van der Waals surface area (Å²) in [7, 11) is 0. The van der Waals surface area contributed by atoms with Gasteiger partial charge >= 0.3 is 5.63 Å². The molecular weight excluding hydrogens is 398 g/mol. The molecule has 0 bridgehead atoms. The lowest BCUT2D eigenvalue weighted by molar-refractivity contribution is -0.122. The topological polar surface area (TPSA) is 116 Å². The second kappa shape index (κ2) is 8.92. The third-order valence-electron chi connectivity index (χ3n) is 5.70. The highest BCUT2D eigenvalue weighted by Crippen LogP contribution is 2.39. The molecule has 4 rings (SSSR count). The second-order valence-corrected chi connectivity index (χ2v) is 7.75. The zero-order chi connectivity index (χ0) is 22.0. The minimum absolute atomic E-state index is 0.139. The maximum atomic E-state index is 12.7. The van der Waals surface area contributed by atoms with Gasteiger partial charge in [-0.15, -0.1) is 0 Å². The number of amides is 1. The molecule has 0 saturated carbocycles. The summed E-state index contributed by atoms with van der Waals surface area (Å²) in [6, 6.07) is 5.55. The number of ether oxygens (including phenoxy) is 1. The first-order valence-electron chi connectivity index (χ1n) is 10.6. The maximum absolute atomic E-state index is 12.7. The summed E-state index contributed by atoms with van der Waals surface area (Å²) in [6.07, 6.45) is 4.01. The first-order chi connectivity index (χ1) is 15.0. The SMILES string of the molecule is CCOC(O)CNC(=O)C(C#N)=Cc1cc2cc3c4c(c2oc1=O)CCCN4CCC3. The average Bonchev–Trinajstić information content (AvgIpc) is 2.77. The molecule has 1 unspecified atom stereocenters. The zero-order valence-electron chi connectivity index (χ0n) is 17.4. The van der Waals surface area contributed by atoms with Crippen molar-refractivity contribution >= 4 is 28.6 Å². The smallest absolute Gasteiger partial charge is 0.343 e. The molecule has 2 aromatic rings. The van der Waals surface area contributed by atoms with Gasteiger partial charge < -0.3 is 24.5 Å². The highest BCUT2D eigenvalue weighted by atomic mass is 16.6. The Labute approximate surface area is 179 Å². The van der Waals surface area contributed by atoms with Gasteiger partial charge in [0.25, 0.3) is 5.91 Å². The molecular formula is C23H25N3O5. The van der Waals surface area contributed by atoms with Gasteiger partial charge in [0.2, 0.25) is 0 Å². The Kier molecular flexibility index (Phi) is 6.07. The lowest BCUT2D eigenvalue weighted by atomic mass is 9.90. The molecule has 2 N–H and O–H groups in total. The summed E-state index contributed by atoms with van der Waals surface area (Å²) < 4.78 is 10.6. The van der Waals surface area contributed by atoms with E-state index in [9.17, 15) is 20.0 Å². The predicted octanol–water partition coefficient (Wildman–Crippen LogP) is 1.87. The maximum Gasteiger partial charge on any atom is 0.343 e. The van der Waals surface area contributed by atoms with Gasteiger partial charge in [-0.3, -0.25) is 4.79 Å². The van der Waals surface area contributed by atoms with E-state index in [4.69, 9.17) is 9.15 Å². The van der Waals surface area contributed by atoms with Crippen LogP contribution in [0, 0.1) is 11.3 Å². The minimum Gasteiger partial charge on any atom is -0.422 e.